The average Bonchev–Trinajstić information content (AvgIpc) is 2.33. The van der Waals surface area contributed by atoms with Crippen LogP contribution >= 0.6 is 0 Å². The topological polar surface area (TPSA) is 58.4 Å². The third kappa shape index (κ3) is 4.81. The van der Waals surface area contributed by atoms with Gasteiger partial charge in [0.15, 0.2) is 0 Å². The molecule has 0 fully saturated rings. The zero-order valence-electron chi connectivity index (χ0n) is 10.7. The van der Waals surface area contributed by atoms with Crippen LogP contribution in [0, 0.1) is 5.82 Å². The van der Waals surface area contributed by atoms with Gasteiger partial charge in [0.05, 0.1) is 12.2 Å². The van der Waals surface area contributed by atoms with Gasteiger partial charge in [0.2, 0.25) is 5.91 Å². The predicted octanol–water partition coefficient (Wildman–Crippen LogP) is 1.43. The van der Waals surface area contributed by atoms with Crippen molar-refractivity contribution in [3.63, 3.8) is 0 Å². The first-order valence-corrected chi connectivity index (χ1v) is 6.14. The molecule has 5 heteroatoms. The van der Waals surface area contributed by atoms with Crippen molar-refractivity contribution < 1.29 is 9.18 Å². The van der Waals surface area contributed by atoms with Gasteiger partial charge >= 0.3 is 0 Å². The maximum atomic E-state index is 13.3. The summed E-state index contributed by atoms with van der Waals surface area (Å²) in [5, 5.41) is 2.56. The Morgan fingerprint density at radius 1 is 1.39 bits per heavy atom. The van der Waals surface area contributed by atoms with Crippen LogP contribution in [0.3, 0.4) is 0 Å². The molecule has 100 valence electrons. The second-order valence-electron chi connectivity index (χ2n) is 4.09. The molecule has 0 aliphatic carbocycles. The van der Waals surface area contributed by atoms with E-state index in [1.54, 1.807) is 18.2 Å². The minimum atomic E-state index is -0.424. The molecule has 1 aromatic carbocycles. The van der Waals surface area contributed by atoms with Crippen LogP contribution in [-0.4, -0.2) is 37.0 Å². The number of nitrogens with two attached hydrogens (primary N) is 1. The Kier molecular flexibility index (Phi) is 6.32. The highest BCUT2D eigenvalue weighted by Gasteiger charge is 2.10. The van der Waals surface area contributed by atoms with Gasteiger partial charge in [-0.15, -0.1) is 0 Å². The largest absolute Gasteiger partial charge is 0.329 e. The molecule has 18 heavy (non-hydrogen) atoms. The molecule has 0 aromatic heterocycles. The fourth-order valence-electron chi connectivity index (χ4n) is 1.72. The van der Waals surface area contributed by atoms with Crippen molar-refractivity contribution in [3.8, 4) is 0 Å². The molecule has 0 bridgehead atoms. The summed E-state index contributed by atoms with van der Waals surface area (Å²) >= 11 is 0. The Balaban J connectivity index is 2.52. The summed E-state index contributed by atoms with van der Waals surface area (Å²) in [5.74, 6) is -0.645. The van der Waals surface area contributed by atoms with E-state index in [-0.39, 0.29) is 18.1 Å². The molecule has 0 radical (unpaired) electrons. The zero-order valence-corrected chi connectivity index (χ0v) is 10.7. The first-order chi connectivity index (χ1) is 8.67. The quantitative estimate of drug-likeness (QED) is 0.773. The fourth-order valence-corrected chi connectivity index (χ4v) is 1.72. The number of benzene rings is 1. The monoisotopic (exact) mass is 253 g/mol. The lowest BCUT2D eigenvalue weighted by Gasteiger charge is -2.20. The van der Waals surface area contributed by atoms with Crippen molar-refractivity contribution in [2.45, 2.75) is 13.3 Å². The second-order valence-corrected chi connectivity index (χ2v) is 4.09. The molecular weight excluding hydrogens is 233 g/mol. The number of hydrogen-bond donors (Lipinski definition) is 2. The number of hydrogen-bond acceptors (Lipinski definition) is 3. The van der Waals surface area contributed by atoms with Crippen LogP contribution in [0.15, 0.2) is 24.3 Å². The summed E-state index contributed by atoms with van der Waals surface area (Å²) in [4.78, 5) is 13.7. The van der Waals surface area contributed by atoms with E-state index in [4.69, 9.17) is 5.73 Å². The third-order valence-electron chi connectivity index (χ3n) is 2.50. The Labute approximate surface area is 107 Å². The lowest BCUT2D eigenvalue weighted by molar-refractivity contribution is -0.117. The minimum absolute atomic E-state index is 0.215. The molecule has 0 aliphatic heterocycles. The molecule has 4 nitrogen and oxygen atoms in total. The van der Waals surface area contributed by atoms with E-state index >= 15 is 0 Å². The van der Waals surface area contributed by atoms with Crippen molar-refractivity contribution in [2.75, 3.05) is 31.5 Å². The maximum Gasteiger partial charge on any atom is 0.238 e. The van der Waals surface area contributed by atoms with Gasteiger partial charge in [-0.1, -0.05) is 19.1 Å². The van der Waals surface area contributed by atoms with Gasteiger partial charge in [-0.25, -0.2) is 4.39 Å². The summed E-state index contributed by atoms with van der Waals surface area (Å²) in [6.07, 6.45) is 0.951. The number of nitrogens with one attached hydrogen (secondary N) is 1. The minimum Gasteiger partial charge on any atom is -0.329 e. The highest BCUT2D eigenvalue weighted by atomic mass is 19.1. The van der Waals surface area contributed by atoms with E-state index in [0.717, 1.165) is 13.0 Å². The van der Waals surface area contributed by atoms with Crippen molar-refractivity contribution in [2.24, 2.45) is 5.73 Å². The average molecular weight is 253 g/mol. The van der Waals surface area contributed by atoms with E-state index in [1.807, 2.05) is 11.8 Å². The Hall–Kier alpha value is -1.46. The molecule has 0 spiro atoms. The number of rotatable bonds is 7. The van der Waals surface area contributed by atoms with Crippen LogP contribution in [-0.2, 0) is 4.79 Å². The summed E-state index contributed by atoms with van der Waals surface area (Å²) in [5.41, 5.74) is 5.69. The van der Waals surface area contributed by atoms with Gasteiger partial charge in [0, 0.05) is 13.1 Å². The number of carbonyl (C=O) groups excluding carboxylic acids is 1. The van der Waals surface area contributed by atoms with E-state index in [1.165, 1.54) is 6.07 Å². The molecule has 1 amide bonds. The molecule has 0 aliphatic rings. The van der Waals surface area contributed by atoms with Crippen LogP contribution in [0.2, 0.25) is 0 Å². The lowest BCUT2D eigenvalue weighted by Crippen LogP contribution is -2.37. The van der Waals surface area contributed by atoms with E-state index in [2.05, 4.69) is 5.32 Å². The molecule has 0 heterocycles. The van der Waals surface area contributed by atoms with E-state index < -0.39 is 5.82 Å². The normalized spacial score (nSPS) is 10.7. The number of halogens is 1. The van der Waals surface area contributed by atoms with Gasteiger partial charge in [-0.3, -0.25) is 9.69 Å². The van der Waals surface area contributed by atoms with Crippen LogP contribution in [0.1, 0.15) is 13.3 Å². The summed E-state index contributed by atoms with van der Waals surface area (Å²) in [6, 6.07) is 6.13. The van der Waals surface area contributed by atoms with Crippen LogP contribution in [0.5, 0.6) is 0 Å². The number of carbonyl (C=O) groups is 1. The molecule has 1 rings (SSSR count). The Bertz CT molecular complexity index is 378. The standard InChI is InChI=1S/C13H20FN3O/c1-2-8-17(9-7-15)10-13(18)16-12-6-4-3-5-11(12)14/h3-6H,2,7-10,15H2,1H3,(H,16,18). The second kappa shape index (κ2) is 7.79. The van der Waals surface area contributed by atoms with E-state index in [9.17, 15) is 9.18 Å². The van der Waals surface area contributed by atoms with Gasteiger partial charge in [0.1, 0.15) is 5.82 Å². The van der Waals surface area contributed by atoms with Gasteiger partial charge < -0.3 is 11.1 Å². The highest BCUT2D eigenvalue weighted by Crippen LogP contribution is 2.12. The molecule has 1 aromatic rings. The third-order valence-corrected chi connectivity index (χ3v) is 2.50. The number of amides is 1. The number of nitrogens with zero attached hydrogens (tertiary/aromatic N) is 1. The highest BCUT2D eigenvalue weighted by molar-refractivity contribution is 5.92. The molecule has 0 saturated carbocycles. The Morgan fingerprint density at radius 3 is 2.72 bits per heavy atom. The Morgan fingerprint density at radius 2 is 2.11 bits per heavy atom. The molecule has 0 unspecified atom stereocenters. The first kappa shape index (κ1) is 14.6. The lowest BCUT2D eigenvalue weighted by atomic mass is 10.3. The molecule has 0 saturated heterocycles. The molecule has 3 N–H and O–H groups in total. The summed E-state index contributed by atoms with van der Waals surface area (Å²) in [7, 11) is 0. The van der Waals surface area contributed by atoms with Gasteiger partial charge in [0.25, 0.3) is 0 Å². The first-order valence-electron chi connectivity index (χ1n) is 6.14. The summed E-state index contributed by atoms with van der Waals surface area (Å²) in [6.45, 7) is 4.26. The summed E-state index contributed by atoms with van der Waals surface area (Å²) < 4.78 is 13.3. The number of anilines is 1. The SMILES string of the molecule is CCCN(CCN)CC(=O)Nc1ccccc1F. The van der Waals surface area contributed by atoms with Crippen molar-refractivity contribution in [3.05, 3.63) is 30.1 Å². The van der Waals surface area contributed by atoms with E-state index in [0.29, 0.717) is 13.1 Å². The molecule has 0 atom stereocenters. The fraction of sp³-hybridized carbons (Fsp3) is 0.462. The van der Waals surface area contributed by atoms with Crippen LogP contribution < -0.4 is 11.1 Å². The van der Waals surface area contributed by atoms with Crippen LogP contribution in [0.4, 0.5) is 10.1 Å². The number of para-hydroxylation sites is 1. The van der Waals surface area contributed by atoms with Gasteiger partial charge in [-0.05, 0) is 25.1 Å². The predicted molar refractivity (Wildman–Crippen MR) is 70.8 cm³/mol. The maximum absolute atomic E-state index is 13.3. The van der Waals surface area contributed by atoms with Gasteiger partial charge in [-0.2, -0.15) is 0 Å². The van der Waals surface area contributed by atoms with Crippen molar-refractivity contribution in [1.29, 1.82) is 0 Å². The zero-order chi connectivity index (χ0) is 13.4. The van der Waals surface area contributed by atoms with Crippen molar-refractivity contribution in [1.82, 2.24) is 4.90 Å². The smallest absolute Gasteiger partial charge is 0.238 e. The van der Waals surface area contributed by atoms with Crippen molar-refractivity contribution >= 4 is 11.6 Å². The molecular formula is C13H20FN3O. The van der Waals surface area contributed by atoms with Crippen LogP contribution in [0.25, 0.3) is 0 Å².